The molecule has 0 unspecified atom stereocenters. The van der Waals surface area contributed by atoms with Gasteiger partial charge in [-0.15, -0.1) is 4.91 Å². The maximum Gasteiger partial charge on any atom is 0.247 e. The molecular weight excluding hydrogens is 446 g/mol. The lowest BCUT2D eigenvalue weighted by Gasteiger charge is -2.19. The smallest absolute Gasteiger partial charge is 0.247 e. The number of hydrogen-bond acceptors (Lipinski definition) is 6. The fourth-order valence-electron chi connectivity index (χ4n) is 3.19. The highest BCUT2D eigenvalue weighted by molar-refractivity contribution is 7.99. The first kappa shape index (κ1) is 22.8. The Morgan fingerprint density at radius 3 is 2.41 bits per heavy atom. The van der Waals surface area contributed by atoms with Crippen LogP contribution in [0.5, 0.6) is 0 Å². The van der Waals surface area contributed by atoms with Crippen LogP contribution in [0.4, 0.5) is 28.4 Å². The molecule has 0 fully saturated rings. The first-order valence-electron chi connectivity index (χ1n) is 10.4. The van der Waals surface area contributed by atoms with Gasteiger partial charge in [-0.1, -0.05) is 42.6 Å². The molecule has 2 N–H and O–H groups in total. The lowest BCUT2D eigenvalue weighted by molar-refractivity contribution is -0.111. The highest BCUT2D eigenvalue weighted by Crippen LogP contribution is 2.35. The molecule has 168 valence electrons. The Bertz CT molecular complexity index is 1300. The van der Waals surface area contributed by atoms with Gasteiger partial charge >= 0.3 is 0 Å². The molecule has 1 amide bonds. The van der Waals surface area contributed by atoms with Gasteiger partial charge in [0, 0.05) is 27.4 Å². The summed E-state index contributed by atoms with van der Waals surface area (Å²) in [6, 6.07) is 26.6. The molecule has 7 nitrogen and oxygen atoms in total. The van der Waals surface area contributed by atoms with Crippen molar-refractivity contribution in [1.82, 2.24) is 4.98 Å². The highest BCUT2D eigenvalue weighted by atomic mass is 32.2. The topological polar surface area (TPSA) is 86.7 Å². The maximum absolute atomic E-state index is 11.9. The van der Waals surface area contributed by atoms with Crippen molar-refractivity contribution in [3.05, 3.63) is 115 Å². The number of carbonyl (C=O) groups excluding carboxylic acids is 1. The van der Waals surface area contributed by atoms with E-state index in [2.05, 4.69) is 27.5 Å². The predicted octanol–water partition coefficient (Wildman–Crippen LogP) is 6.92. The molecule has 0 saturated heterocycles. The summed E-state index contributed by atoms with van der Waals surface area (Å²) in [5.41, 5.74) is 3.05. The minimum Gasteiger partial charge on any atom is -0.354 e. The van der Waals surface area contributed by atoms with Crippen molar-refractivity contribution in [2.75, 3.05) is 15.6 Å². The number of rotatable bonds is 9. The van der Waals surface area contributed by atoms with E-state index in [-0.39, 0.29) is 5.91 Å². The van der Waals surface area contributed by atoms with Crippen molar-refractivity contribution < 1.29 is 4.79 Å². The Morgan fingerprint density at radius 1 is 0.941 bits per heavy atom. The second kappa shape index (κ2) is 10.9. The number of nitrogens with one attached hydrogen (secondary N) is 2. The number of carbonyl (C=O) groups is 1. The summed E-state index contributed by atoms with van der Waals surface area (Å²) < 4.78 is 0. The van der Waals surface area contributed by atoms with Crippen LogP contribution < -0.4 is 15.6 Å². The van der Waals surface area contributed by atoms with Gasteiger partial charge in [-0.05, 0) is 66.7 Å². The molecule has 0 bridgehead atoms. The molecule has 0 spiro atoms. The summed E-state index contributed by atoms with van der Waals surface area (Å²) in [4.78, 5) is 29.8. The minimum absolute atomic E-state index is 0.299. The number of nitroso groups, excluding NO2 is 1. The molecule has 0 radical (unpaired) electrons. The third kappa shape index (κ3) is 5.67. The zero-order valence-corrected chi connectivity index (χ0v) is 18.9. The summed E-state index contributed by atoms with van der Waals surface area (Å²) in [5, 5.41) is 10.5. The second-order valence-electron chi connectivity index (χ2n) is 7.09. The molecular formula is C26H21N5O2S. The first-order valence-corrected chi connectivity index (χ1v) is 11.2. The van der Waals surface area contributed by atoms with E-state index in [1.165, 1.54) is 11.1 Å². The molecule has 0 aliphatic heterocycles. The molecule has 3 aromatic carbocycles. The zero-order chi connectivity index (χ0) is 23.8. The standard InChI is InChI=1S/C26H21N5O2S/c1-2-26(32)29-20-8-6-7-19(17-20)28-24-15-16-27-18-25(24)31(30-33)21-11-13-23(14-12-21)34-22-9-4-3-5-10-22/h2-18H,1H2,(H,27,28)(H,29,32). The summed E-state index contributed by atoms with van der Waals surface area (Å²) in [6.45, 7) is 3.46. The SMILES string of the molecule is C=CC(=O)Nc1cccc(Nc2ccncc2N(N=O)c2ccc(Sc3ccccc3)cc2)c1. The van der Waals surface area contributed by atoms with E-state index >= 15 is 0 Å². The Balaban J connectivity index is 1.56. The molecule has 0 aliphatic rings. The Hall–Kier alpha value is -4.43. The van der Waals surface area contributed by atoms with E-state index in [9.17, 15) is 9.70 Å². The van der Waals surface area contributed by atoms with Crippen LogP contribution in [-0.2, 0) is 4.79 Å². The van der Waals surface area contributed by atoms with Gasteiger partial charge in [-0.2, -0.15) is 5.01 Å². The molecule has 4 rings (SSSR count). The van der Waals surface area contributed by atoms with Crippen LogP contribution in [0.1, 0.15) is 0 Å². The Labute approximate surface area is 201 Å². The Morgan fingerprint density at radius 2 is 1.68 bits per heavy atom. The van der Waals surface area contributed by atoms with Gasteiger partial charge in [0.2, 0.25) is 5.91 Å². The van der Waals surface area contributed by atoms with E-state index in [1.54, 1.807) is 48.4 Å². The molecule has 1 aromatic heterocycles. The number of benzene rings is 3. The molecule has 0 aliphatic carbocycles. The average molecular weight is 468 g/mol. The number of anilines is 5. The van der Waals surface area contributed by atoms with Crippen LogP contribution in [0.15, 0.2) is 125 Å². The number of hydrogen-bond donors (Lipinski definition) is 2. The molecule has 0 saturated carbocycles. The predicted molar refractivity (Wildman–Crippen MR) is 138 cm³/mol. The van der Waals surface area contributed by atoms with E-state index < -0.39 is 0 Å². The second-order valence-corrected chi connectivity index (χ2v) is 8.24. The van der Waals surface area contributed by atoms with Gasteiger partial charge in [0.05, 0.1) is 22.9 Å². The van der Waals surface area contributed by atoms with E-state index in [1.807, 2.05) is 60.7 Å². The lowest BCUT2D eigenvalue weighted by atomic mass is 10.2. The molecule has 8 heteroatoms. The lowest BCUT2D eigenvalue weighted by Crippen LogP contribution is -2.10. The van der Waals surface area contributed by atoms with Crippen LogP contribution >= 0.6 is 11.8 Å². The molecule has 34 heavy (non-hydrogen) atoms. The fourth-order valence-corrected chi connectivity index (χ4v) is 4.03. The van der Waals surface area contributed by atoms with Crippen LogP contribution in [0, 0.1) is 4.91 Å². The molecule has 1 heterocycles. The van der Waals surface area contributed by atoms with Gasteiger partial charge in [0.15, 0.2) is 0 Å². The van der Waals surface area contributed by atoms with E-state index in [4.69, 9.17) is 0 Å². The van der Waals surface area contributed by atoms with E-state index in [0.717, 1.165) is 15.5 Å². The van der Waals surface area contributed by atoms with Crippen molar-refractivity contribution in [2.24, 2.45) is 5.29 Å². The number of nitrogens with zero attached hydrogens (tertiary/aromatic N) is 3. The van der Waals surface area contributed by atoms with E-state index in [0.29, 0.717) is 22.7 Å². The quantitative estimate of drug-likeness (QED) is 0.158. The average Bonchev–Trinajstić information content (AvgIpc) is 2.87. The molecule has 0 atom stereocenters. The zero-order valence-electron chi connectivity index (χ0n) is 18.1. The summed E-state index contributed by atoms with van der Waals surface area (Å²) in [6.07, 6.45) is 4.40. The van der Waals surface area contributed by atoms with Gasteiger partial charge < -0.3 is 10.6 Å². The van der Waals surface area contributed by atoms with Gasteiger partial charge in [-0.3, -0.25) is 9.78 Å². The van der Waals surface area contributed by atoms with Crippen LogP contribution in [0.2, 0.25) is 0 Å². The van der Waals surface area contributed by atoms with Crippen molar-refractivity contribution in [1.29, 1.82) is 0 Å². The minimum atomic E-state index is -0.299. The number of pyridine rings is 1. The van der Waals surface area contributed by atoms with Gasteiger partial charge in [0.1, 0.15) is 5.69 Å². The Kier molecular flexibility index (Phi) is 7.32. The summed E-state index contributed by atoms with van der Waals surface area (Å²) in [7, 11) is 0. The maximum atomic E-state index is 11.9. The normalized spacial score (nSPS) is 10.2. The first-order chi connectivity index (χ1) is 16.7. The number of aromatic nitrogens is 1. The van der Waals surface area contributed by atoms with Gasteiger partial charge in [-0.25, -0.2) is 0 Å². The van der Waals surface area contributed by atoms with Crippen molar-refractivity contribution in [3.8, 4) is 0 Å². The third-order valence-corrected chi connectivity index (χ3v) is 5.78. The van der Waals surface area contributed by atoms with Crippen LogP contribution in [0.25, 0.3) is 0 Å². The van der Waals surface area contributed by atoms with Crippen LogP contribution in [-0.4, -0.2) is 10.9 Å². The summed E-state index contributed by atoms with van der Waals surface area (Å²) in [5.74, 6) is -0.299. The third-order valence-electron chi connectivity index (χ3n) is 4.76. The van der Waals surface area contributed by atoms with Crippen molar-refractivity contribution >= 4 is 46.1 Å². The molecule has 4 aromatic rings. The monoisotopic (exact) mass is 467 g/mol. The van der Waals surface area contributed by atoms with Crippen molar-refractivity contribution in [2.45, 2.75) is 9.79 Å². The highest BCUT2D eigenvalue weighted by Gasteiger charge is 2.15. The number of amides is 1. The summed E-state index contributed by atoms with van der Waals surface area (Å²) >= 11 is 1.64. The largest absolute Gasteiger partial charge is 0.354 e. The fraction of sp³-hybridized carbons (Fsp3) is 0. The van der Waals surface area contributed by atoms with Crippen LogP contribution in [0.3, 0.4) is 0 Å². The van der Waals surface area contributed by atoms with Crippen molar-refractivity contribution in [3.63, 3.8) is 0 Å². The van der Waals surface area contributed by atoms with Gasteiger partial charge in [0.25, 0.3) is 0 Å².